The summed E-state index contributed by atoms with van der Waals surface area (Å²) in [5.41, 5.74) is 0.0334. The molecule has 0 bridgehead atoms. The largest absolute Gasteiger partial charge is 0.506 e. The van der Waals surface area contributed by atoms with E-state index in [4.69, 9.17) is 4.74 Å². The van der Waals surface area contributed by atoms with Crippen LogP contribution in [0.3, 0.4) is 0 Å². The first kappa shape index (κ1) is 13.6. The molecular formula is C10H15NO5S. The normalized spacial score (nSPS) is 11.2. The highest BCUT2D eigenvalue weighted by molar-refractivity contribution is 7.92. The number of hydrogen-bond donors (Lipinski definition) is 2. The monoisotopic (exact) mass is 261 g/mol. The molecule has 0 saturated carbocycles. The lowest BCUT2D eigenvalue weighted by molar-refractivity contribution is 0.217. The van der Waals surface area contributed by atoms with Gasteiger partial charge in [0.1, 0.15) is 17.2 Å². The number of anilines is 1. The first-order valence-electron chi connectivity index (χ1n) is 4.85. The molecule has 0 aliphatic heterocycles. The van der Waals surface area contributed by atoms with E-state index in [1.807, 2.05) is 0 Å². The van der Waals surface area contributed by atoms with E-state index < -0.39 is 10.0 Å². The Morgan fingerprint density at radius 3 is 2.65 bits per heavy atom. The Hall–Kier alpha value is -1.47. The number of para-hydroxylation sites is 1. The second kappa shape index (κ2) is 5.74. The van der Waals surface area contributed by atoms with Crippen molar-refractivity contribution in [2.45, 2.75) is 0 Å². The molecule has 0 aliphatic carbocycles. The zero-order valence-corrected chi connectivity index (χ0v) is 10.5. The SMILES string of the molecule is COCCS(=O)(=O)Nc1c(O)cccc1OC. The van der Waals surface area contributed by atoms with Crippen molar-refractivity contribution in [3.63, 3.8) is 0 Å². The highest BCUT2D eigenvalue weighted by Crippen LogP contribution is 2.33. The molecule has 0 heterocycles. The van der Waals surface area contributed by atoms with Crippen molar-refractivity contribution in [3.8, 4) is 11.5 Å². The van der Waals surface area contributed by atoms with Gasteiger partial charge < -0.3 is 14.6 Å². The zero-order chi connectivity index (χ0) is 12.9. The van der Waals surface area contributed by atoms with E-state index in [1.165, 1.54) is 20.3 Å². The molecule has 0 spiro atoms. The van der Waals surface area contributed by atoms with Crippen LogP contribution in [0.1, 0.15) is 0 Å². The van der Waals surface area contributed by atoms with Crippen molar-refractivity contribution in [1.29, 1.82) is 0 Å². The van der Waals surface area contributed by atoms with Gasteiger partial charge in [0.2, 0.25) is 10.0 Å². The summed E-state index contributed by atoms with van der Waals surface area (Å²) in [6, 6.07) is 4.48. The summed E-state index contributed by atoms with van der Waals surface area (Å²) < 4.78 is 35.1. The molecule has 1 rings (SSSR count). The van der Waals surface area contributed by atoms with Crippen molar-refractivity contribution in [2.24, 2.45) is 0 Å². The summed E-state index contributed by atoms with van der Waals surface area (Å²) in [5.74, 6) is -0.127. The number of benzene rings is 1. The third-order valence-corrected chi connectivity index (χ3v) is 3.26. The number of nitrogens with one attached hydrogen (secondary N) is 1. The van der Waals surface area contributed by atoms with Gasteiger partial charge in [-0.1, -0.05) is 6.07 Å². The fraction of sp³-hybridized carbons (Fsp3) is 0.400. The maximum atomic E-state index is 11.6. The van der Waals surface area contributed by atoms with Crippen molar-refractivity contribution in [3.05, 3.63) is 18.2 Å². The van der Waals surface area contributed by atoms with Gasteiger partial charge in [0.25, 0.3) is 0 Å². The summed E-state index contributed by atoms with van der Waals surface area (Å²) in [5, 5.41) is 9.57. The lowest BCUT2D eigenvalue weighted by atomic mass is 10.3. The predicted molar refractivity (Wildman–Crippen MR) is 63.9 cm³/mol. The van der Waals surface area contributed by atoms with Gasteiger partial charge in [-0.25, -0.2) is 8.42 Å². The van der Waals surface area contributed by atoms with Gasteiger partial charge >= 0.3 is 0 Å². The highest BCUT2D eigenvalue weighted by atomic mass is 32.2. The number of phenols is 1. The quantitative estimate of drug-likeness (QED) is 0.739. The van der Waals surface area contributed by atoms with Crippen LogP contribution in [-0.4, -0.2) is 40.1 Å². The number of hydrogen-bond acceptors (Lipinski definition) is 5. The number of sulfonamides is 1. The molecule has 0 aliphatic rings. The van der Waals surface area contributed by atoms with Crippen LogP contribution < -0.4 is 9.46 Å². The molecular weight excluding hydrogens is 246 g/mol. The van der Waals surface area contributed by atoms with E-state index in [2.05, 4.69) is 9.46 Å². The minimum Gasteiger partial charge on any atom is -0.506 e. The van der Waals surface area contributed by atoms with Crippen molar-refractivity contribution in [1.82, 2.24) is 0 Å². The summed E-state index contributed by atoms with van der Waals surface area (Å²) in [4.78, 5) is 0. The third kappa shape index (κ3) is 3.79. The van der Waals surface area contributed by atoms with E-state index in [0.29, 0.717) is 0 Å². The van der Waals surface area contributed by atoms with Crippen molar-refractivity contribution < 1.29 is 23.0 Å². The summed E-state index contributed by atoms with van der Waals surface area (Å²) in [6.07, 6.45) is 0. The Morgan fingerprint density at radius 1 is 1.35 bits per heavy atom. The van der Waals surface area contributed by atoms with Gasteiger partial charge in [0.05, 0.1) is 19.5 Å². The zero-order valence-electron chi connectivity index (χ0n) is 9.63. The molecule has 0 atom stereocenters. The predicted octanol–water partition coefficient (Wildman–Crippen LogP) is 0.789. The van der Waals surface area contributed by atoms with Crippen molar-refractivity contribution >= 4 is 15.7 Å². The van der Waals surface area contributed by atoms with E-state index in [1.54, 1.807) is 12.1 Å². The lowest BCUT2D eigenvalue weighted by Gasteiger charge is -2.12. The maximum Gasteiger partial charge on any atom is 0.235 e. The van der Waals surface area contributed by atoms with E-state index >= 15 is 0 Å². The van der Waals surface area contributed by atoms with Gasteiger partial charge in [0.15, 0.2) is 0 Å². The summed E-state index contributed by atoms with van der Waals surface area (Å²) in [6.45, 7) is 0.0746. The number of aromatic hydroxyl groups is 1. The molecule has 17 heavy (non-hydrogen) atoms. The molecule has 2 N–H and O–H groups in total. The Balaban J connectivity index is 2.94. The van der Waals surface area contributed by atoms with Gasteiger partial charge in [-0.2, -0.15) is 0 Å². The summed E-state index contributed by atoms with van der Waals surface area (Å²) >= 11 is 0. The molecule has 7 heteroatoms. The fourth-order valence-electron chi connectivity index (χ4n) is 1.19. The van der Waals surface area contributed by atoms with E-state index in [0.717, 1.165) is 0 Å². The minimum atomic E-state index is -3.57. The fourth-order valence-corrected chi connectivity index (χ4v) is 2.20. The van der Waals surface area contributed by atoms with Gasteiger partial charge in [-0.3, -0.25) is 4.72 Å². The highest BCUT2D eigenvalue weighted by Gasteiger charge is 2.16. The minimum absolute atomic E-state index is 0.0334. The topological polar surface area (TPSA) is 84.9 Å². The Bertz CT molecular complexity index is 472. The van der Waals surface area contributed by atoms with E-state index in [-0.39, 0.29) is 29.5 Å². The summed E-state index contributed by atoms with van der Waals surface area (Å²) in [7, 11) is -0.763. The van der Waals surface area contributed by atoms with Crippen LogP contribution >= 0.6 is 0 Å². The molecule has 0 fully saturated rings. The number of ether oxygens (including phenoxy) is 2. The Labute approximate surface area is 100 Å². The molecule has 0 aromatic heterocycles. The Morgan fingerprint density at radius 2 is 2.06 bits per heavy atom. The van der Waals surface area contributed by atoms with Crippen LogP contribution in [0.15, 0.2) is 18.2 Å². The Kier molecular flexibility index (Phi) is 4.59. The second-order valence-corrected chi connectivity index (χ2v) is 5.11. The van der Waals surface area contributed by atoms with Crippen LogP contribution in [0.5, 0.6) is 11.5 Å². The third-order valence-electron chi connectivity index (χ3n) is 2.04. The average Bonchev–Trinajstić information content (AvgIpc) is 2.29. The molecule has 0 saturated heterocycles. The van der Waals surface area contributed by atoms with Crippen LogP contribution in [0, 0.1) is 0 Å². The van der Waals surface area contributed by atoms with E-state index in [9.17, 15) is 13.5 Å². The van der Waals surface area contributed by atoms with Crippen molar-refractivity contribution in [2.75, 3.05) is 31.3 Å². The second-order valence-electron chi connectivity index (χ2n) is 3.27. The maximum absolute atomic E-state index is 11.6. The van der Waals surface area contributed by atoms with Crippen LogP contribution in [-0.2, 0) is 14.8 Å². The van der Waals surface area contributed by atoms with Crippen LogP contribution in [0.25, 0.3) is 0 Å². The molecule has 0 radical (unpaired) electrons. The lowest BCUT2D eigenvalue weighted by Crippen LogP contribution is -2.20. The molecule has 1 aromatic carbocycles. The molecule has 0 unspecified atom stereocenters. The first-order chi connectivity index (χ1) is 8.00. The molecule has 6 nitrogen and oxygen atoms in total. The number of phenolic OH excluding ortho intramolecular Hbond substituents is 1. The number of rotatable bonds is 6. The average molecular weight is 261 g/mol. The first-order valence-corrected chi connectivity index (χ1v) is 6.51. The smallest absolute Gasteiger partial charge is 0.235 e. The molecule has 0 amide bonds. The standard InChI is InChI=1S/C10H15NO5S/c1-15-6-7-17(13,14)11-10-8(12)4-3-5-9(10)16-2/h3-5,11-12H,6-7H2,1-2H3. The van der Waals surface area contributed by atoms with Crippen LogP contribution in [0.4, 0.5) is 5.69 Å². The van der Waals surface area contributed by atoms with Gasteiger partial charge in [-0.15, -0.1) is 0 Å². The van der Waals surface area contributed by atoms with Crippen LogP contribution in [0.2, 0.25) is 0 Å². The van der Waals surface area contributed by atoms with Gasteiger partial charge in [-0.05, 0) is 12.1 Å². The molecule has 96 valence electrons. The number of methoxy groups -OCH3 is 2. The van der Waals surface area contributed by atoms with Gasteiger partial charge in [0, 0.05) is 7.11 Å². The molecule has 1 aromatic rings.